The Kier molecular flexibility index (Phi) is 3.41. The molecule has 0 bridgehead atoms. The van der Waals surface area contributed by atoms with Crippen LogP contribution in [0.3, 0.4) is 0 Å². The number of hydrogen-bond donors (Lipinski definition) is 1. The van der Waals surface area contributed by atoms with Crippen molar-refractivity contribution in [2.75, 3.05) is 0 Å². The number of hydrogen-bond acceptors (Lipinski definition) is 3. The van der Waals surface area contributed by atoms with Gasteiger partial charge in [0.2, 0.25) is 0 Å². The molecule has 1 N–H and O–H groups in total. The molecule has 0 aliphatic heterocycles. The standard InChI is InChI=1S/C22H28O3/c1-13-11-19-17-6-5-15-12-16(24)7-9-20(15,3)18(17)8-10-21(19,4)22(13,25)14(2)23/h7-9,12-13,17,19,25H,5-6,10-11H2,1-4H3/t13-,17-,19+,20+,21+,22+/m1/s1. The molecule has 0 aromatic heterocycles. The molecule has 3 nitrogen and oxygen atoms in total. The van der Waals surface area contributed by atoms with Crippen molar-refractivity contribution in [3.05, 3.63) is 35.5 Å². The zero-order valence-electron chi connectivity index (χ0n) is 15.6. The van der Waals surface area contributed by atoms with Gasteiger partial charge in [0.05, 0.1) is 0 Å². The van der Waals surface area contributed by atoms with Gasteiger partial charge < -0.3 is 5.11 Å². The van der Waals surface area contributed by atoms with Crippen molar-refractivity contribution in [1.82, 2.24) is 0 Å². The van der Waals surface area contributed by atoms with E-state index in [1.807, 2.05) is 13.0 Å². The second kappa shape index (κ2) is 5.03. The molecule has 0 unspecified atom stereocenters. The third-order valence-electron chi connectivity index (χ3n) is 8.07. The summed E-state index contributed by atoms with van der Waals surface area (Å²) < 4.78 is 0. The molecule has 0 aromatic rings. The molecular weight excluding hydrogens is 312 g/mol. The van der Waals surface area contributed by atoms with Crippen LogP contribution in [0.2, 0.25) is 0 Å². The second-order valence-corrected chi connectivity index (χ2v) is 9.10. The molecule has 3 heteroatoms. The molecule has 0 spiro atoms. The predicted octanol–water partition coefficient (Wildman–Crippen LogP) is 3.78. The summed E-state index contributed by atoms with van der Waals surface area (Å²) in [6.07, 6.45) is 11.4. The minimum Gasteiger partial charge on any atom is -0.381 e. The first kappa shape index (κ1) is 17.0. The largest absolute Gasteiger partial charge is 0.381 e. The molecule has 25 heavy (non-hydrogen) atoms. The van der Waals surface area contributed by atoms with Gasteiger partial charge in [0.25, 0.3) is 0 Å². The highest BCUT2D eigenvalue weighted by Gasteiger charge is 2.66. The summed E-state index contributed by atoms with van der Waals surface area (Å²) in [7, 11) is 0. The van der Waals surface area contributed by atoms with E-state index in [4.69, 9.17) is 0 Å². The van der Waals surface area contributed by atoms with E-state index in [2.05, 4.69) is 26.0 Å². The average molecular weight is 340 g/mol. The van der Waals surface area contributed by atoms with Crippen LogP contribution in [0.1, 0.15) is 53.4 Å². The van der Waals surface area contributed by atoms with E-state index < -0.39 is 11.0 Å². The van der Waals surface area contributed by atoms with Crippen LogP contribution in [0.15, 0.2) is 35.5 Å². The lowest BCUT2D eigenvalue weighted by Gasteiger charge is -2.53. The summed E-state index contributed by atoms with van der Waals surface area (Å²) in [5.74, 6) is 0.691. The lowest BCUT2D eigenvalue weighted by molar-refractivity contribution is -0.156. The first-order valence-corrected chi connectivity index (χ1v) is 9.53. The third kappa shape index (κ3) is 1.91. The number of carbonyl (C=O) groups is 2. The number of rotatable bonds is 1. The molecule has 134 valence electrons. The van der Waals surface area contributed by atoms with Gasteiger partial charge in [-0.05, 0) is 69.4 Å². The van der Waals surface area contributed by atoms with Crippen molar-refractivity contribution in [3.63, 3.8) is 0 Å². The number of carbonyl (C=O) groups excluding carboxylic acids is 2. The Morgan fingerprint density at radius 1 is 1.32 bits per heavy atom. The van der Waals surface area contributed by atoms with E-state index in [0.29, 0.717) is 11.8 Å². The number of fused-ring (bicyclic) bond motifs is 5. The van der Waals surface area contributed by atoms with Crippen LogP contribution in [-0.4, -0.2) is 22.3 Å². The van der Waals surface area contributed by atoms with E-state index in [1.165, 1.54) is 11.1 Å². The third-order valence-corrected chi connectivity index (χ3v) is 8.07. The molecule has 0 aromatic carbocycles. The van der Waals surface area contributed by atoms with Gasteiger partial charge in [-0.15, -0.1) is 0 Å². The Morgan fingerprint density at radius 2 is 2.04 bits per heavy atom. The number of aliphatic hydroxyl groups is 1. The highest BCUT2D eigenvalue weighted by Crippen LogP contribution is 2.66. The van der Waals surface area contributed by atoms with Gasteiger partial charge in [0, 0.05) is 10.8 Å². The van der Waals surface area contributed by atoms with Crippen LogP contribution < -0.4 is 0 Å². The zero-order chi connectivity index (χ0) is 18.2. The fourth-order valence-electron chi connectivity index (χ4n) is 6.62. The van der Waals surface area contributed by atoms with Gasteiger partial charge in [-0.2, -0.15) is 0 Å². The molecule has 4 rings (SSSR count). The van der Waals surface area contributed by atoms with Crippen molar-refractivity contribution in [3.8, 4) is 0 Å². The summed E-state index contributed by atoms with van der Waals surface area (Å²) >= 11 is 0. The SMILES string of the molecule is CC(=O)[C@@]1(O)[C@H](C)C[C@H]2[C@@H]3CCC4=CC(=O)C=C[C@]4(C)C3=CC[C@@]21C. The minimum atomic E-state index is -1.23. The van der Waals surface area contributed by atoms with E-state index in [-0.39, 0.29) is 22.9 Å². The quantitative estimate of drug-likeness (QED) is 0.739. The minimum absolute atomic E-state index is 0.0130. The van der Waals surface area contributed by atoms with Crippen molar-refractivity contribution in [2.24, 2.45) is 28.6 Å². The Bertz CT molecular complexity index is 757. The smallest absolute Gasteiger partial charge is 0.178 e. The van der Waals surface area contributed by atoms with Crippen molar-refractivity contribution in [2.45, 2.75) is 59.0 Å². The van der Waals surface area contributed by atoms with Gasteiger partial charge in [0.1, 0.15) is 5.60 Å². The summed E-state index contributed by atoms with van der Waals surface area (Å²) in [5.41, 5.74) is 0.834. The molecule has 0 radical (unpaired) electrons. The monoisotopic (exact) mass is 340 g/mol. The maximum atomic E-state index is 12.4. The molecule has 0 saturated heterocycles. The summed E-state index contributed by atoms with van der Waals surface area (Å²) in [4.78, 5) is 24.2. The van der Waals surface area contributed by atoms with Gasteiger partial charge in [0.15, 0.2) is 11.6 Å². The van der Waals surface area contributed by atoms with Crippen LogP contribution in [0.4, 0.5) is 0 Å². The zero-order valence-corrected chi connectivity index (χ0v) is 15.6. The summed E-state index contributed by atoms with van der Waals surface area (Å²) in [6.45, 7) is 7.91. The Balaban J connectivity index is 1.81. The van der Waals surface area contributed by atoms with Gasteiger partial charge >= 0.3 is 0 Å². The molecular formula is C22H28O3. The Morgan fingerprint density at radius 3 is 2.72 bits per heavy atom. The molecule has 4 aliphatic rings. The molecule has 2 fully saturated rings. The van der Waals surface area contributed by atoms with E-state index in [1.54, 1.807) is 13.0 Å². The molecule has 6 atom stereocenters. The molecule has 0 heterocycles. The fourth-order valence-corrected chi connectivity index (χ4v) is 6.62. The van der Waals surface area contributed by atoms with Crippen LogP contribution in [-0.2, 0) is 9.59 Å². The fraction of sp³-hybridized carbons (Fsp3) is 0.636. The van der Waals surface area contributed by atoms with E-state index in [9.17, 15) is 14.7 Å². The van der Waals surface area contributed by atoms with Crippen LogP contribution in [0.5, 0.6) is 0 Å². The Labute approximate surface area is 149 Å². The van der Waals surface area contributed by atoms with Crippen LogP contribution in [0, 0.1) is 28.6 Å². The number of allylic oxidation sites excluding steroid dienone is 6. The van der Waals surface area contributed by atoms with Crippen molar-refractivity contribution < 1.29 is 14.7 Å². The van der Waals surface area contributed by atoms with Crippen molar-refractivity contribution >= 4 is 11.6 Å². The average Bonchev–Trinajstić information content (AvgIpc) is 2.77. The number of ketones is 2. The van der Waals surface area contributed by atoms with Gasteiger partial charge in [-0.1, -0.05) is 37.1 Å². The summed E-state index contributed by atoms with van der Waals surface area (Å²) in [6, 6.07) is 0. The second-order valence-electron chi connectivity index (χ2n) is 9.10. The van der Waals surface area contributed by atoms with Crippen LogP contribution >= 0.6 is 0 Å². The summed E-state index contributed by atoms with van der Waals surface area (Å²) in [5, 5.41) is 11.4. The van der Waals surface area contributed by atoms with Gasteiger partial charge in [-0.3, -0.25) is 9.59 Å². The predicted molar refractivity (Wildman–Crippen MR) is 96.8 cm³/mol. The maximum absolute atomic E-state index is 12.4. The number of Topliss-reactive ketones (excluding diaryl/α,β-unsaturated/α-hetero) is 1. The highest BCUT2D eigenvalue weighted by atomic mass is 16.3. The Hall–Kier alpha value is -1.48. The van der Waals surface area contributed by atoms with Crippen molar-refractivity contribution in [1.29, 1.82) is 0 Å². The van der Waals surface area contributed by atoms with Crippen LogP contribution in [0.25, 0.3) is 0 Å². The van der Waals surface area contributed by atoms with Gasteiger partial charge in [-0.25, -0.2) is 0 Å². The topological polar surface area (TPSA) is 54.4 Å². The first-order chi connectivity index (χ1) is 11.6. The molecule has 2 saturated carbocycles. The molecule has 0 amide bonds. The lowest BCUT2D eigenvalue weighted by atomic mass is 9.51. The van der Waals surface area contributed by atoms with E-state index in [0.717, 1.165) is 25.7 Å². The lowest BCUT2D eigenvalue weighted by Crippen LogP contribution is -2.55. The maximum Gasteiger partial charge on any atom is 0.178 e. The highest BCUT2D eigenvalue weighted by molar-refractivity contribution is 6.01. The first-order valence-electron chi connectivity index (χ1n) is 9.53. The van der Waals surface area contributed by atoms with E-state index >= 15 is 0 Å². The normalized spacial score (nSPS) is 48.2. The molecule has 4 aliphatic carbocycles.